The number of aliphatic hydroxyl groups is 1. The van der Waals surface area contributed by atoms with Crippen LogP contribution in [0, 0.1) is 11.3 Å². The molecule has 0 atom stereocenters. The van der Waals surface area contributed by atoms with E-state index in [0.717, 1.165) is 0 Å². The first-order valence-electron chi connectivity index (χ1n) is 5.57. The summed E-state index contributed by atoms with van der Waals surface area (Å²) >= 11 is 5.78. The number of nitrogens with one attached hydrogen (secondary N) is 1. The monoisotopic (exact) mass is 253 g/mol. The Morgan fingerprint density at radius 3 is 2.65 bits per heavy atom. The van der Waals surface area contributed by atoms with Gasteiger partial charge in [-0.15, -0.1) is 0 Å². The van der Waals surface area contributed by atoms with Crippen LogP contribution in [0.4, 0.5) is 5.82 Å². The van der Waals surface area contributed by atoms with Crippen LogP contribution in [-0.2, 0) is 0 Å². The van der Waals surface area contributed by atoms with Crippen molar-refractivity contribution in [3.63, 3.8) is 0 Å². The second-order valence-corrected chi connectivity index (χ2v) is 4.33. The van der Waals surface area contributed by atoms with Crippen LogP contribution in [-0.4, -0.2) is 22.2 Å². The van der Waals surface area contributed by atoms with Crippen molar-refractivity contribution in [2.75, 3.05) is 11.9 Å². The van der Waals surface area contributed by atoms with Crippen molar-refractivity contribution < 1.29 is 5.11 Å². The molecule has 0 saturated heterocycles. The van der Waals surface area contributed by atoms with Gasteiger partial charge in [-0.3, -0.25) is 0 Å². The SMILES string of the molecule is CCC(O)(CC)CNc1ccc(Cl)c(C#N)n1. The molecular weight excluding hydrogens is 238 g/mol. The average Bonchev–Trinajstić information content (AvgIpc) is 2.37. The van der Waals surface area contributed by atoms with Gasteiger partial charge in [-0.05, 0) is 25.0 Å². The van der Waals surface area contributed by atoms with Gasteiger partial charge in [0.05, 0.1) is 10.6 Å². The zero-order chi connectivity index (χ0) is 12.9. The van der Waals surface area contributed by atoms with E-state index in [0.29, 0.717) is 30.2 Å². The number of halogens is 1. The van der Waals surface area contributed by atoms with Gasteiger partial charge in [-0.25, -0.2) is 4.98 Å². The van der Waals surface area contributed by atoms with Gasteiger partial charge in [0.15, 0.2) is 5.69 Å². The highest BCUT2D eigenvalue weighted by Gasteiger charge is 2.21. The van der Waals surface area contributed by atoms with E-state index >= 15 is 0 Å². The fraction of sp³-hybridized carbons (Fsp3) is 0.500. The molecule has 1 rings (SSSR count). The molecule has 0 aromatic carbocycles. The zero-order valence-corrected chi connectivity index (χ0v) is 10.8. The lowest BCUT2D eigenvalue weighted by atomic mass is 9.98. The number of hydrogen-bond acceptors (Lipinski definition) is 4. The van der Waals surface area contributed by atoms with Gasteiger partial charge >= 0.3 is 0 Å². The summed E-state index contributed by atoms with van der Waals surface area (Å²) < 4.78 is 0. The Morgan fingerprint density at radius 2 is 2.12 bits per heavy atom. The van der Waals surface area contributed by atoms with Gasteiger partial charge in [0.1, 0.15) is 11.9 Å². The smallest absolute Gasteiger partial charge is 0.161 e. The summed E-state index contributed by atoms with van der Waals surface area (Å²) in [5, 5.41) is 22.2. The second-order valence-electron chi connectivity index (χ2n) is 3.92. The van der Waals surface area contributed by atoms with E-state index in [-0.39, 0.29) is 5.69 Å². The van der Waals surface area contributed by atoms with Crippen molar-refractivity contribution in [2.45, 2.75) is 32.3 Å². The van der Waals surface area contributed by atoms with E-state index in [4.69, 9.17) is 16.9 Å². The summed E-state index contributed by atoms with van der Waals surface area (Å²) in [6.07, 6.45) is 1.32. The predicted molar refractivity (Wildman–Crippen MR) is 68.0 cm³/mol. The summed E-state index contributed by atoms with van der Waals surface area (Å²) in [6.45, 7) is 4.27. The van der Waals surface area contributed by atoms with Crippen molar-refractivity contribution in [1.29, 1.82) is 5.26 Å². The Hall–Kier alpha value is -1.31. The molecule has 2 N–H and O–H groups in total. The molecule has 0 unspecified atom stereocenters. The molecule has 0 fully saturated rings. The van der Waals surface area contributed by atoms with Crippen LogP contribution in [0.25, 0.3) is 0 Å². The van der Waals surface area contributed by atoms with E-state index in [1.165, 1.54) is 0 Å². The molecule has 1 aromatic rings. The zero-order valence-electron chi connectivity index (χ0n) is 10.00. The number of hydrogen-bond donors (Lipinski definition) is 2. The second kappa shape index (κ2) is 5.85. The summed E-state index contributed by atoms with van der Waals surface area (Å²) in [5.41, 5.74) is -0.554. The first-order chi connectivity index (χ1) is 8.04. The molecule has 0 saturated carbocycles. The van der Waals surface area contributed by atoms with Gasteiger partial charge in [0.25, 0.3) is 0 Å². The topological polar surface area (TPSA) is 68.9 Å². The highest BCUT2D eigenvalue weighted by atomic mass is 35.5. The van der Waals surface area contributed by atoms with Crippen molar-refractivity contribution in [2.24, 2.45) is 0 Å². The lowest BCUT2D eigenvalue weighted by Gasteiger charge is -2.25. The van der Waals surface area contributed by atoms with Gasteiger partial charge in [-0.2, -0.15) is 5.26 Å². The van der Waals surface area contributed by atoms with Crippen LogP contribution in [0.1, 0.15) is 32.4 Å². The van der Waals surface area contributed by atoms with Crippen LogP contribution < -0.4 is 5.32 Å². The van der Waals surface area contributed by atoms with Crippen molar-refractivity contribution in [3.05, 3.63) is 22.8 Å². The van der Waals surface area contributed by atoms with E-state index in [1.807, 2.05) is 19.9 Å². The third-order valence-electron chi connectivity index (χ3n) is 2.87. The van der Waals surface area contributed by atoms with Crippen LogP contribution >= 0.6 is 11.6 Å². The first kappa shape index (κ1) is 13.8. The number of rotatable bonds is 5. The minimum atomic E-state index is -0.742. The fourth-order valence-corrected chi connectivity index (χ4v) is 1.52. The molecule has 1 heterocycles. The normalized spacial score (nSPS) is 11.0. The minimum Gasteiger partial charge on any atom is -0.388 e. The fourth-order valence-electron chi connectivity index (χ4n) is 1.37. The Balaban J connectivity index is 2.74. The Kier molecular flexibility index (Phi) is 4.73. The van der Waals surface area contributed by atoms with Crippen LogP contribution in [0.2, 0.25) is 5.02 Å². The first-order valence-corrected chi connectivity index (χ1v) is 5.95. The minimum absolute atomic E-state index is 0.188. The van der Waals surface area contributed by atoms with Gasteiger partial charge in [0, 0.05) is 6.54 Å². The summed E-state index contributed by atoms with van der Waals surface area (Å²) in [7, 11) is 0. The number of pyridine rings is 1. The van der Waals surface area contributed by atoms with E-state index < -0.39 is 5.60 Å². The van der Waals surface area contributed by atoms with Crippen molar-refractivity contribution >= 4 is 17.4 Å². The van der Waals surface area contributed by atoms with E-state index in [2.05, 4.69) is 10.3 Å². The highest BCUT2D eigenvalue weighted by molar-refractivity contribution is 6.31. The molecule has 5 heteroatoms. The average molecular weight is 254 g/mol. The molecule has 0 amide bonds. The maximum absolute atomic E-state index is 10.1. The molecule has 0 aliphatic rings. The Bertz CT molecular complexity index is 424. The van der Waals surface area contributed by atoms with Gasteiger partial charge < -0.3 is 10.4 Å². The van der Waals surface area contributed by atoms with Crippen LogP contribution in [0.3, 0.4) is 0 Å². The van der Waals surface area contributed by atoms with Crippen LogP contribution in [0.15, 0.2) is 12.1 Å². The van der Waals surface area contributed by atoms with Gasteiger partial charge in [-0.1, -0.05) is 25.4 Å². The molecule has 0 aliphatic carbocycles. The predicted octanol–water partition coefficient (Wildman–Crippen LogP) is 2.57. The maximum Gasteiger partial charge on any atom is 0.161 e. The molecule has 0 aliphatic heterocycles. The van der Waals surface area contributed by atoms with Crippen molar-refractivity contribution in [3.8, 4) is 6.07 Å². The summed E-state index contributed by atoms with van der Waals surface area (Å²) in [5.74, 6) is 0.547. The molecular formula is C12H16ClN3O. The molecule has 0 spiro atoms. The van der Waals surface area contributed by atoms with Gasteiger partial charge in [0.2, 0.25) is 0 Å². The summed E-state index contributed by atoms with van der Waals surface area (Å²) in [6, 6.07) is 5.22. The third-order valence-corrected chi connectivity index (χ3v) is 3.17. The Labute approximate surface area is 106 Å². The molecule has 1 aromatic heterocycles. The summed E-state index contributed by atoms with van der Waals surface area (Å²) in [4.78, 5) is 4.05. The molecule has 0 bridgehead atoms. The molecule has 17 heavy (non-hydrogen) atoms. The van der Waals surface area contributed by atoms with E-state index in [9.17, 15) is 5.11 Å². The number of anilines is 1. The standard InChI is InChI=1S/C12H16ClN3O/c1-3-12(17,4-2)8-15-11-6-5-9(13)10(7-14)16-11/h5-6,17H,3-4,8H2,1-2H3,(H,15,16). The van der Waals surface area contributed by atoms with Crippen LogP contribution in [0.5, 0.6) is 0 Å². The van der Waals surface area contributed by atoms with Crippen molar-refractivity contribution in [1.82, 2.24) is 4.98 Å². The Morgan fingerprint density at radius 1 is 1.47 bits per heavy atom. The molecule has 0 radical (unpaired) electrons. The van der Waals surface area contributed by atoms with E-state index in [1.54, 1.807) is 12.1 Å². The number of nitrogens with zero attached hydrogens (tertiary/aromatic N) is 2. The lowest BCUT2D eigenvalue weighted by molar-refractivity contribution is 0.0456. The lowest BCUT2D eigenvalue weighted by Crippen LogP contribution is -2.35. The third kappa shape index (κ3) is 3.58. The molecule has 92 valence electrons. The highest BCUT2D eigenvalue weighted by Crippen LogP contribution is 2.18. The number of aromatic nitrogens is 1. The quantitative estimate of drug-likeness (QED) is 0.846. The molecule has 4 nitrogen and oxygen atoms in total. The maximum atomic E-state index is 10.1. The largest absolute Gasteiger partial charge is 0.388 e. The number of nitriles is 1.